The van der Waals surface area contributed by atoms with Crippen LogP contribution >= 0.6 is 15.9 Å². The molecule has 0 bridgehead atoms. The Morgan fingerprint density at radius 2 is 2.10 bits per heavy atom. The second-order valence-electron chi connectivity index (χ2n) is 2.00. The van der Waals surface area contributed by atoms with E-state index in [0.717, 1.165) is 31.3 Å². The van der Waals surface area contributed by atoms with Crippen LogP contribution in [0.5, 0.6) is 0 Å². The predicted molar refractivity (Wildman–Crippen MR) is 46.6 cm³/mol. The van der Waals surface area contributed by atoms with E-state index < -0.39 is 0 Å². The summed E-state index contributed by atoms with van der Waals surface area (Å²) in [5, 5.41) is 6.95. The standard InChI is InChI=1S/C6H13BrN2O/c7-3-6-8-4-1-2-5-9-10/h8H,1-6H2. The Labute approximate surface area is 69.7 Å². The van der Waals surface area contributed by atoms with Gasteiger partial charge in [-0.3, -0.25) is 0 Å². The first-order chi connectivity index (χ1) is 4.91. The monoisotopic (exact) mass is 208 g/mol. The van der Waals surface area contributed by atoms with Gasteiger partial charge in [-0.1, -0.05) is 21.1 Å². The molecule has 10 heavy (non-hydrogen) atoms. The highest BCUT2D eigenvalue weighted by Gasteiger charge is 1.86. The third kappa shape index (κ3) is 8.04. The fourth-order valence-electron chi connectivity index (χ4n) is 0.618. The molecule has 0 amide bonds. The number of nitrogens with zero attached hydrogens (tertiary/aromatic N) is 1. The summed E-state index contributed by atoms with van der Waals surface area (Å²) >= 11 is 3.30. The number of nitrogens with one attached hydrogen (secondary N) is 1. The molecular weight excluding hydrogens is 196 g/mol. The summed E-state index contributed by atoms with van der Waals surface area (Å²) in [6, 6.07) is 0. The van der Waals surface area contributed by atoms with Crippen molar-refractivity contribution in [3.63, 3.8) is 0 Å². The molecule has 0 fully saturated rings. The van der Waals surface area contributed by atoms with Gasteiger partial charge in [0.05, 0.1) is 6.54 Å². The van der Waals surface area contributed by atoms with Crippen LogP contribution in [0.2, 0.25) is 0 Å². The fraction of sp³-hybridized carbons (Fsp3) is 1.00. The summed E-state index contributed by atoms with van der Waals surface area (Å²) in [5.74, 6) is 0. The highest BCUT2D eigenvalue weighted by atomic mass is 79.9. The summed E-state index contributed by atoms with van der Waals surface area (Å²) in [6.45, 7) is 2.44. The van der Waals surface area contributed by atoms with E-state index in [1.807, 2.05) is 0 Å². The minimum atomic E-state index is 0.454. The van der Waals surface area contributed by atoms with Crippen molar-refractivity contribution in [2.75, 3.05) is 25.0 Å². The Hall–Kier alpha value is 0.0400. The summed E-state index contributed by atoms with van der Waals surface area (Å²) < 4.78 is 0. The predicted octanol–water partition coefficient (Wildman–Crippen LogP) is 1.52. The normalized spacial score (nSPS) is 9.70. The van der Waals surface area contributed by atoms with Crippen molar-refractivity contribution >= 4 is 15.9 Å². The molecule has 0 aliphatic carbocycles. The summed E-state index contributed by atoms with van der Waals surface area (Å²) in [7, 11) is 0. The highest BCUT2D eigenvalue weighted by molar-refractivity contribution is 9.09. The van der Waals surface area contributed by atoms with Crippen LogP contribution in [0.4, 0.5) is 0 Å². The lowest BCUT2D eigenvalue weighted by molar-refractivity contribution is 0.649. The quantitative estimate of drug-likeness (QED) is 0.392. The topological polar surface area (TPSA) is 41.5 Å². The molecule has 0 saturated carbocycles. The van der Waals surface area contributed by atoms with Crippen LogP contribution in [0.25, 0.3) is 0 Å². The van der Waals surface area contributed by atoms with Gasteiger partial charge in [-0.15, -0.1) is 0 Å². The second-order valence-corrected chi connectivity index (χ2v) is 2.79. The molecule has 3 nitrogen and oxygen atoms in total. The molecule has 0 aromatic carbocycles. The van der Waals surface area contributed by atoms with Gasteiger partial charge in [0.25, 0.3) is 0 Å². The zero-order chi connectivity index (χ0) is 7.66. The molecule has 0 atom stereocenters. The lowest BCUT2D eigenvalue weighted by Gasteiger charge is -1.98. The number of hydrogen-bond donors (Lipinski definition) is 1. The van der Waals surface area contributed by atoms with Crippen molar-refractivity contribution < 1.29 is 0 Å². The van der Waals surface area contributed by atoms with E-state index in [1.165, 1.54) is 0 Å². The number of halogens is 1. The smallest absolute Gasteiger partial charge is 0.0811 e. The Bertz CT molecular complexity index is 80.1. The first-order valence-electron chi connectivity index (χ1n) is 3.47. The molecule has 0 unspecified atom stereocenters. The molecule has 0 heterocycles. The molecule has 60 valence electrons. The van der Waals surface area contributed by atoms with Gasteiger partial charge in [-0.2, -0.15) is 4.91 Å². The molecule has 0 rings (SSSR count). The maximum atomic E-state index is 9.62. The number of hydrogen-bond acceptors (Lipinski definition) is 3. The number of rotatable bonds is 7. The fourth-order valence-corrected chi connectivity index (χ4v) is 0.899. The van der Waals surface area contributed by atoms with Crippen molar-refractivity contribution in [2.45, 2.75) is 12.8 Å². The zero-order valence-corrected chi connectivity index (χ0v) is 7.56. The molecule has 1 N–H and O–H groups in total. The average Bonchev–Trinajstić information content (AvgIpc) is 1.97. The second kappa shape index (κ2) is 9.04. The lowest BCUT2D eigenvalue weighted by atomic mass is 10.3. The van der Waals surface area contributed by atoms with Gasteiger partial charge >= 0.3 is 0 Å². The summed E-state index contributed by atoms with van der Waals surface area (Å²) in [5.41, 5.74) is 0. The Morgan fingerprint density at radius 3 is 2.70 bits per heavy atom. The van der Waals surface area contributed by atoms with Crippen LogP contribution < -0.4 is 5.32 Å². The van der Waals surface area contributed by atoms with Crippen molar-refractivity contribution in [1.29, 1.82) is 0 Å². The Morgan fingerprint density at radius 1 is 1.30 bits per heavy atom. The average molecular weight is 209 g/mol. The van der Waals surface area contributed by atoms with E-state index in [2.05, 4.69) is 26.4 Å². The molecule has 0 aromatic rings. The minimum absolute atomic E-state index is 0.454. The van der Waals surface area contributed by atoms with E-state index >= 15 is 0 Å². The van der Waals surface area contributed by atoms with Crippen molar-refractivity contribution in [3.05, 3.63) is 4.91 Å². The first-order valence-corrected chi connectivity index (χ1v) is 4.59. The minimum Gasteiger partial charge on any atom is -0.316 e. The molecule has 0 aliphatic heterocycles. The third-order valence-corrected chi connectivity index (χ3v) is 1.52. The highest BCUT2D eigenvalue weighted by Crippen LogP contribution is 1.86. The van der Waals surface area contributed by atoms with Crippen LogP contribution in [0.15, 0.2) is 5.18 Å². The van der Waals surface area contributed by atoms with Gasteiger partial charge < -0.3 is 5.32 Å². The number of nitroso groups, excluding NO2 is 1. The molecular formula is C6H13BrN2O. The van der Waals surface area contributed by atoms with Crippen LogP contribution in [-0.4, -0.2) is 25.0 Å². The van der Waals surface area contributed by atoms with Crippen LogP contribution in [0, 0.1) is 4.91 Å². The van der Waals surface area contributed by atoms with Gasteiger partial charge in [0.15, 0.2) is 0 Å². The molecule has 0 radical (unpaired) electrons. The van der Waals surface area contributed by atoms with Crippen LogP contribution in [0.1, 0.15) is 12.8 Å². The van der Waals surface area contributed by atoms with E-state index in [-0.39, 0.29) is 0 Å². The van der Waals surface area contributed by atoms with Gasteiger partial charge in [0, 0.05) is 11.9 Å². The number of alkyl halides is 1. The van der Waals surface area contributed by atoms with Crippen molar-refractivity contribution in [3.8, 4) is 0 Å². The molecule has 0 saturated heterocycles. The molecule has 4 heteroatoms. The largest absolute Gasteiger partial charge is 0.316 e. The van der Waals surface area contributed by atoms with E-state index in [4.69, 9.17) is 0 Å². The van der Waals surface area contributed by atoms with E-state index in [0.29, 0.717) is 6.54 Å². The van der Waals surface area contributed by atoms with Crippen molar-refractivity contribution in [1.82, 2.24) is 5.32 Å². The van der Waals surface area contributed by atoms with E-state index in [1.54, 1.807) is 0 Å². The maximum absolute atomic E-state index is 9.62. The zero-order valence-electron chi connectivity index (χ0n) is 5.98. The Balaban J connectivity index is 2.70. The summed E-state index contributed by atoms with van der Waals surface area (Å²) in [4.78, 5) is 9.62. The first kappa shape index (κ1) is 10.0. The van der Waals surface area contributed by atoms with Gasteiger partial charge in [0.2, 0.25) is 0 Å². The maximum Gasteiger partial charge on any atom is 0.0811 e. The number of unbranched alkanes of at least 4 members (excludes halogenated alkanes) is 1. The SMILES string of the molecule is O=NCCCCNCCBr. The molecule has 0 spiro atoms. The van der Waals surface area contributed by atoms with Gasteiger partial charge in [-0.05, 0) is 19.4 Å². The summed E-state index contributed by atoms with van der Waals surface area (Å²) in [6.07, 6.45) is 1.94. The van der Waals surface area contributed by atoms with Crippen molar-refractivity contribution in [2.24, 2.45) is 5.18 Å². The molecule has 0 aliphatic rings. The van der Waals surface area contributed by atoms with Gasteiger partial charge in [-0.25, -0.2) is 0 Å². The molecule has 0 aromatic heterocycles. The third-order valence-electron chi connectivity index (χ3n) is 1.12. The van der Waals surface area contributed by atoms with E-state index in [9.17, 15) is 4.91 Å². The lowest BCUT2D eigenvalue weighted by Crippen LogP contribution is -2.17. The Kier molecular flexibility index (Phi) is 9.08. The van der Waals surface area contributed by atoms with Crippen LogP contribution in [0.3, 0.4) is 0 Å². The van der Waals surface area contributed by atoms with Gasteiger partial charge in [0.1, 0.15) is 0 Å². The van der Waals surface area contributed by atoms with Crippen LogP contribution in [-0.2, 0) is 0 Å².